The van der Waals surface area contributed by atoms with Crippen LogP contribution < -0.4 is 30.0 Å². The summed E-state index contributed by atoms with van der Waals surface area (Å²) in [7, 11) is 2.84. The normalized spacial score (nSPS) is 9.90. The molecule has 0 heterocycles. The minimum absolute atomic E-state index is 0.197. The molecule has 0 saturated carbocycles. The van der Waals surface area contributed by atoms with Gasteiger partial charge >= 0.3 is 0 Å². The number of rotatable bonds is 11. The predicted molar refractivity (Wildman–Crippen MR) is 111 cm³/mol. The summed E-state index contributed by atoms with van der Waals surface area (Å²) in [5.74, 6) is 2.86. The number of amides is 2. The first-order valence-corrected chi connectivity index (χ1v) is 9.09. The van der Waals surface area contributed by atoms with Gasteiger partial charge in [-0.1, -0.05) is 18.1 Å². The molecule has 3 N–H and O–H groups in total. The van der Waals surface area contributed by atoms with Gasteiger partial charge in [0.1, 0.15) is 12.4 Å². The van der Waals surface area contributed by atoms with Crippen molar-refractivity contribution in [2.45, 2.75) is 6.42 Å². The summed E-state index contributed by atoms with van der Waals surface area (Å²) >= 11 is 0. The number of carbonyl (C=O) groups excluding carboxylic acids is 2. The molecule has 2 aromatic rings. The molecule has 0 fully saturated rings. The molecule has 2 aromatic carbocycles. The molecule has 0 aliphatic rings. The maximum atomic E-state index is 12.5. The van der Waals surface area contributed by atoms with Crippen LogP contribution in [0, 0.1) is 12.3 Å². The second kappa shape index (κ2) is 11.2. The zero-order chi connectivity index (χ0) is 21.9. The first-order chi connectivity index (χ1) is 14.5. The van der Waals surface area contributed by atoms with Crippen molar-refractivity contribution in [1.29, 1.82) is 0 Å². The van der Waals surface area contributed by atoms with Gasteiger partial charge in [-0.25, -0.2) is 0 Å². The van der Waals surface area contributed by atoms with Crippen molar-refractivity contribution in [3.8, 4) is 35.3 Å². The number of benzene rings is 2. The molecule has 0 spiro atoms. The van der Waals surface area contributed by atoms with Gasteiger partial charge in [-0.2, -0.15) is 0 Å². The highest BCUT2D eigenvalue weighted by atomic mass is 16.5. The Bertz CT molecular complexity index is 893. The van der Waals surface area contributed by atoms with Crippen LogP contribution >= 0.6 is 0 Å². The van der Waals surface area contributed by atoms with E-state index in [4.69, 9.17) is 31.1 Å². The van der Waals surface area contributed by atoms with Gasteiger partial charge in [0.05, 0.1) is 14.2 Å². The molecule has 30 heavy (non-hydrogen) atoms. The van der Waals surface area contributed by atoms with Crippen LogP contribution in [-0.4, -0.2) is 45.8 Å². The molecule has 0 unspecified atom stereocenters. The van der Waals surface area contributed by atoms with Crippen molar-refractivity contribution >= 4 is 11.8 Å². The van der Waals surface area contributed by atoms with E-state index in [0.29, 0.717) is 24.3 Å². The van der Waals surface area contributed by atoms with Gasteiger partial charge < -0.3 is 30.0 Å². The van der Waals surface area contributed by atoms with Gasteiger partial charge in [-0.3, -0.25) is 9.59 Å². The number of hydrogen-bond acceptors (Lipinski definition) is 6. The Morgan fingerprint density at radius 1 is 1.07 bits per heavy atom. The Labute approximate surface area is 175 Å². The smallest absolute Gasteiger partial charge is 0.255 e. The van der Waals surface area contributed by atoms with E-state index in [2.05, 4.69) is 11.2 Å². The van der Waals surface area contributed by atoms with E-state index < -0.39 is 5.91 Å². The average Bonchev–Trinajstić information content (AvgIpc) is 2.76. The number of terminal acetylenes is 1. The molecule has 0 bridgehead atoms. The van der Waals surface area contributed by atoms with Crippen molar-refractivity contribution in [2.24, 2.45) is 5.73 Å². The molecule has 0 atom stereocenters. The molecule has 0 saturated heterocycles. The molecule has 2 rings (SSSR count). The molecule has 0 aliphatic carbocycles. The summed E-state index contributed by atoms with van der Waals surface area (Å²) in [6.45, 7) is 0.299. The first-order valence-electron chi connectivity index (χ1n) is 9.09. The van der Waals surface area contributed by atoms with Gasteiger partial charge in [-0.05, 0) is 36.2 Å². The summed E-state index contributed by atoms with van der Waals surface area (Å²) < 4.78 is 21.2. The lowest BCUT2D eigenvalue weighted by Gasteiger charge is -2.15. The third kappa shape index (κ3) is 6.34. The van der Waals surface area contributed by atoms with Crippen LogP contribution in [0.2, 0.25) is 0 Å². The predicted octanol–water partition coefficient (Wildman–Crippen LogP) is 1.55. The Kier molecular flexibility index (Phi) is 8.39. The quantitative estimate of drug-likeness (QED) is 0.542. The zero-order valence-corrected chi connectivity index (χ0v) is 16.9. The topological polar surface area (TPSA) is 109 Å². The van der Waals surface area contributed by atoms with Crippen LogP contribution in [0.1, 0.15) is 15.9 Å². The number of methoxy groups -OCH3 is 2. The van der Waals surface area contributed by atoms with E-state index in [1.165, 1.54) is 26.4 Å². The van der Waals surface area contributed by atoms with Crippen LogP contribution in [0.4, 0.5) is 0 Å². The van der Waals surface area contributed by atoms with Crippen LogP contribution in [0.3, 0.4) is 0 Å². The minimum Gasteiger partial charge on any atom is -0.493 e. The average molecular weight is 412 g/mol. The standard InChI is InChI=1S/C22H24N2O6/c1-4-11-29-17-7-5-15(6-8-17)9-10-24-22(26)16-12-18(27-2)21(19(13-16)28-3)30-14-20(23)25/h1,5-8,12-13H,9-11,14H2,2-3H3,(H2,23,25)(H,24,26). The van der Waals surface area contributed by atoms with Gasteiger partial charge in [0.2, 0.25) is 5.75 Å². The molecule has 0 radical (unpaired) electrons. The molecule has 0 aliphatic heterocycles. The SMILES string of the molecule is C#CCOc1ccc(CCNC(=O)c2cc(OC)c(OCC(N)=O)c(OC)c2)cc1. The van der Waals surface area contributed by atoms with E-state index in [1.54, 1.807) is 0 Å². The van der Waals surface area contributed by atoms with Gasteiger partial charge in [0.25, 0.3) is 11.8 Å². The maximum absolute atomic E-state index is 12.5. The molecule has 2 amide bonds. The monoisotopic (exact) mass is 412 g/mol. The van der Waals surface area contributed by atoms with Gasteiger partial charge in [-0.15, -0.1) is 6.42 Å². The molecule has 0 aromatic heterocycles. The lowest BCUT2D eigenvalue weighted by Crippen LogP contribution is -2.26. The largest absolute Gasteiger partial charge is 0.493 e. The molecule has 8 nitrogen and oxygen atoms in total. The number of ether oxygens (including phenoxy) is 4. The highest BCUT2D eigenvalue weighted by Gasteiger charge is 2.18. The fourth-order valence-electron chi connectivity index (χ4n) is 2.60. The Hall–Kier alpha value is -3.86. The Morgan fingerprint density at radius 3 is 2.23 bits per heavy atom. The van der Waals surface area contributed by atoms with Crippen LogP contribution in [0.15, 0.2) is 36.4 Å². The maximum Gasteiger partial charge on any atom is 0.255 e. The third-order valence-electron chi connectivity index (χ3n) is 4.03. The van der Waals surface area contributed by atoms with Gasteiger partial charge in [0.15, 0.2) is 18.1 Å². The van der Waals surface area contributed by atoms with E-state index in [-0.39, 0.29) is 36.4 Å². The lowest BCUT2D eigenvalue weighted by atomic mass is 10.1. The molecule has 8 heteroatoms. The van der Waals surface area contributed by atoms with E-state index in [0.717, 1.165) is 5.56 Å². The van der Waals surface area contributed by atoms with Crippen molar-refractivity contribution in [3.63, 3.8) is 0 Å². The number of nitrogens with one attached hydrogen (secondary N) is 1. The fraction of sp³-hybridized carbons (Fsp3) is 0.273. The second-order valence-corrected chi connectivity index (χ2v) is 6.11. The number of nitrogens with two attached hydrogens (primary N) is 1. The van der Waals surface area contributed by atoms with Crippen molar-refractivity contribution in [3.05, 3.63) is 47.5 Å². The molecule has 158 valence electrons. The van der Waals surface area contributed by atoms with E-state index in [9.17, 15) is 9.59 Å². The Balaban J connectivity index is 2.00. The summed E-state index contributed by atoms with van der Waals surface area (Å²) in [5, 5.41) is 2.85. The second-order valence-electron chi connectivity index (χ2n) is 6.11. The highest BCUT2D eigenvalue weighted by Crippen LogP contribution is 2.38. The molecular weight excluding hydrogens is 388 g/mol. The first kappa shape index (κ1) is 22.4. The van der Waals surface area contributed by atoms with Gasteiger partial charge in [0, 0.05) is 12.1 Å². The van der Waals surface area contributed by atoms with Crippen molar-refractivity contribution < 1.29 is 28.5 Å². The summed E-state index contributed by atoms with van der Waals surface area (Å²) in [6.07, 6.45) is 5.80. The lowest BCUT2D eigenvalue weighted by molar-refractivity contribution is -0.120. The summed E-state index contributed by atoms with van der Waals surface area (Å²) in [6, 6.07) is 10.5. The van der Waals surface area contributed by atoms with Crippen molar-refractivity contribution in [1.82, 2.24) is 5.32 Å². The van der Waals surface area contributed by atoms with Crippen molar-refractivity contribution in [2.75, 3.05) is 34.0 Å². The summed E-state index contributed by atoms with van der Waals surface area (Å²) in [4.78, 5) is 23.5. The van der Waals surface area contributed by atoms with E-state index in [1.807, 2.05) is 24.3 Å². The minimum atomic E-state index is -0.642. The number of hydrogen-bond donors (Lipinski definition) is 2. The van der Waals surface area contributed by atoms with Crippen LogP contribution in [-0.2, 0) is 11.2 Å². The van der Waals surface area contributed by atoms with Crippen LogP contribution in [0.25, 0.3) is 0 Å². The molecular formula is C22H24N2O6. The van der Waals surface area contributed by atoms with Crippen LogP contribution in [0.5, 0.6) is 23.0 Å². The fourth-order valence-corrected chi connectivity index (χ4v) is 2.60. The van der Waals surface area contributed by atoms with E-state index >= 15 is 0 Å². The zero-order valence-electron chi connectivity index (χ0n) is 16.9. The third-order valence-corrected chi connectivity index (χ3v) is 4.03. The number of carbonyl (C=O) groups is 2. The summed E-state index contributed by atoms with van der Waals surface area (Å²) in [5.41, 5.74) is 6.47. The Morgan fingerprint density at radius 2 is 1.70 bits per heavy atom. The number of primary amides is 1. The highest BCUT2D eigenvalue weighted by molar-refractivity contribution is 5.95.